The van der Waals surface area contributed by atoms with E-state index in [1.165, 1.54) is 6.92 Å². The standard InChI is InChI=1S/C45H64N6O7/c1-7-8-11-24-39(53)51-45(25-35-22-16-17-23-37(35)34-20-14-10-15-21-34,43(56)50-40(31(4)5)42(55)49-38(26-46)30(2)3)36(28-52)27-47-41(54)32(6)48-44(57)58-29-33-18-12-9-13-19-33/h9-10,12-23,30-32,36,38,40,52H,7-8,11,24-29,46H2,1-6H3,(H,47,54)(H,48,57)(H,49,55)(H,50,56)(H,51,53)/t32-,36?,38+,40?,45+/m0/s1. The lowest BCUT2D eigenvalue weighted by molar-refractivity contribution is -0.140. The quantitative estimate of drug-likeness (QED) is 0.0674. The highest BCUT2D eigenvalue weighted by Crippen LogP contribution is 2.31. The van der Waals surface area contributed by atoms with Gasteiger partial charge in [-0.1, -0.05) is 132 Å². The van der Waals surface area contributed by atoms with Crippen LogP contribution in [0.1, 0.15) is 78.4 Å². The molecule has 3 aromatic rings. The summed E-state index contributed by atoms with van der Waals surface area (Å²) in [7, 11) is 0. The zero-order valence-corrected chi connectivity index (χ0v) is 34.9. The fraction of sp³-hybridized carbons (Fsp3) is 0.489. The Morgan fingerprint density at radius 3 is 2.02 bits per heavy atom. The molecule has 3 rings (SSSR count). The van der Waals surface area contributed by atoms with E-state index in [-0.39, 0.29) is 50.4 Å². The average molecular weight is 801 g/mol. The molecule has 0 bridgehead atoms. The molecule has 0 aliphatic heterocycles. The summed E-state index contributed by atoms with van der Waals surface area (Å²) in [6.07, 6.45) is 1.43. The van der Waals surface area contributed by atoms with Crippen molar-refractivity contribution in [2.45, 2.75) is 104 Å². The number of alkyl carbamates (subject to hydrolysis) is 1. The van der Waals surface area contributed by atoms with E-state index in [9.17, 15) is 24.3 Å². The number of nitrogens with one attached hydrogen (secondary N) is 5. The first-order valence-electron chi connectivity index (χ1n) is 20.4. The van der Waals surface area contributed by atoms with Crippen LogP contribution in [-0.4, -0.2) is 78.2 Å². The van der Waals surface area contributed by atoms with Gasteiger partial charge in [0.05, 0.1) is 6.61 Å². The average Bonchev–Trinajstić information content (AvgIpc) is 3.21. The van der Waals surface area contributed by atoms with Gasteiger partial charge in [0.2, 0.25) is 23.6 Å². The van der Waals surface area contributed by atoms with Crippen LogP contribution in [0.2, 0.25) is 0 Å². The van der Waals surface area contributed by atoms with Gasteiger partial charge in [-0.25, -0.2) is 4.79 Å². The van der Waals surface area contributed by atoms with Crippen LogP contribution in [0.5, 0.6) is 0 Å². The normalized spacial score (nSPS) is 14.3. The van der Waals surface area contributed by atoms with Gasteiger partial charge in [0.15, 0.2) is 0 Å². The molecule has 0 radical (unpaired) electrons. The van der Waals surface area contributed by atoms with E-state index in [2.05, 4.69) is 26.6 Å². The van der Waals surface area contributed by atoms with Gasteiger partial charge >= 0.3 is 6.09 Å². The number of unbranched alkanes of at least 4 members (excludes halogenated alkanes) is 2. The van der Waals surface area contributed by atoms with Crippen LogP contribution >= 0.6 is 0 Å². The highest BCUT2D eigenvalue weighted by molar-refractivity contribution is 5.96. The molecule has 0 heterocycles. The van der Waals surface area contributed by atoms with Crippen LogP contribution in [0, 0.1) is 17.8 Å². The van der Waals surface area contributed by atoms with Gasteiger partial charge in [0.25, 0.3) is 0 Å². The minimum absolute atomic E-state index is 0.00732. The fourth-order valence-electron chi connectivity index (χ4n) is 6.69. The number of rotatable bonds is 23. The van der Waals surface area contributed by atoms with Crippen molar-refractivity contribution >= 4 is 29.7 Å². The number of hydrogen-bond donors (Lipinski definition) is 7. The maximum Gasteiger partial charge on any atom is 0.408 e. The van der Waals surface area contributed by atoms with Crippen molar-refractivity contribution in [3.05, 3.63) is 96.1 Å². The summed E-state index contributed by atoms with van der Waals surface area (Å²) in [6, 6.07) is 23.7. The second kappa shape index (κ2) is 23.8. The molecule has 5 amide bonds. The van der Waals surface area contributed by atoms with Crippen LogP contribution in [0.4, 0.5) is 4.79 Å². The Morgan fingerprint density at radius 2 is 1.41 bits per heavy atom. The van der Waals surface area contributed by atoms with Crippen LogP contribution in [0.15, 0.2) is 84.9 Å². The molecule has 0 saturated heterocycles. The number of nitrogens with two attached hydrogens (primary N) is 1. The van der Waals surface area contributed by atoms with E-state index in [4.69, 9.17) is 10.5 Å². The molecule has 13 nitrogen and oxygen atoms in total. The van der Waals surface area contributed by atoms with E-state index in [0.29, 0.717) is 12.0 Å². The highest BCUT2D eigenvalue weighted by Gasteiger charge is 2.48. The summed E-state index contributed by atoms with van der Waals surface area (Å²) in [5, 5.41) is 25.4. The molecule has 0 fully saturated rings. The SMILES string of the molecule is CCCCCC(=O)N[C@@](Cc1ccccc1-c1ccccc1)(C(=O)NC(C(=O)N[C@H](CN)C(C)C)C(C)C)C(CO)CNC(=O)[C@H](C)NC(=O)OCc1ccccc1. The van der Waals surface area contributed by atoms with Gasteiger partial charge in [-0.3, -0.25) is 19.2 Å². The number of benzene rings is 3. The molecule has 5 atom stereocenters. The summed E-state index contributed by atoms with van der Waals surface area (Å²) in [5.41, 5.74) is 7.23. The Labute approximate surface area is 343 Å². The second-order valence-corrected chi connectivity index (χ2v) is 15.5. The van der Waals surface area contributed by atoms with Crippen LogP contribution in [0.25, 0.3) is 11.1 Å². The predicted octanol–water partition coefficient (Wildman–Crippen LogP) is 4.61. The maximum absolute atomic E-state index is 15.2. The molecule has 58 heavy (non-hydrogen) atoms. The first-order chi connectivity index (χ1) is 27.8. The van der Waals surface area contributed by atoms with Crippen molar-refractivity contribution in [2.75, 3.05) is 19.7 Å². The monoisotopic (exact) mass is 800 g/mol. The van der Waals surface area contributed by atoms with Crippen molar-refractivity contribution in [2.24, 2.45) is 23.5 Å². The van der Waals surface area contributed by atoms with Crippen molar-refractivity contribution in [1.29, 1.82) is 0 Å². The number of amides is 5. The number of carbonyl (C=O) groups is 5. The lowest BCUT2D eigenvalue weighted by Crippen LogP contribution is -2.69. The summed E-state index contributed by atoms with van der Waals surface area (Å²) >= 11 is 0. The first kappa shape index (κ1) is 47.1. The zero-order valence-electron chi connectivity index (χ0n) is 34.9. The molecule has 316 valence electrons. The van der Waals surface area contributed by atoms with Gasteiger partial charge in [-0.05, 0) is 47.4 Å². The van der Waals surface area contributed by atoms with Crippen LogP contribution in [0.3, 0.4) is 0 Å². The van der Waals surface area contributed by atoms with Gasteiger partial charge in [-0.15, -0.1) is 0 Å². The van der Waals surface area contributed by atoms with Gasteiger partial charge in [0, 0.05) is 37.9 Å². The molecular weight excluding hydrogens is 737 g/mol. The van der Waals surface area contributed by atoms with Crippen LogP contribution < -0.4 is 32.3 Å². The topological polar surface area (TPSA) is 201 Å². The summed E-state index contributed by atoms with van der Waals surface area (Å²) < 4.78 is 5.29. The smallest absolute Gasteiger partial charge is 0.408 e. The Kier molecular flexibility index (Phi) is 19.4. The molecule has 3 aromatic carbocycles. The zero-order chi connectivity index (χ0) is 42.7. The number of aliphatic hydroxyl groups is 1. The van der Waals surface area contributed by atoms with Crippen molar-refractivity contribution in [1.82, 2.24) is 26.6 Å². The molecule has 13 heteroatoms. The predicted molar refractivity (Wildman–Crippen MR) is 226 cm³/mol. The van der Waals surface area contributed by atoms with Gasteiger partial charge in [0.1, 0.15) is 24.2 Å². The molecule has 2 unspecified atom stereocenters. The van der Waals surface area contributed by atoms with Crippen molar-refractivity contribution in [3.63, 3.8) is 0 Å². The summed E-state index contributed by atoms with van der Waals surface area (Å²) in [4.78, 5) is 69.0. The lowest BCUT2D eigenvalue weighted by atomic mass is 9.76. The number of aliphatic hydroxyl groups excluding tert-OH is 1. The van der Waals surface area contributed by atoms with Gasteiger partial charge < -0.3 is 42.2 Å². The minimum atomic E-state index is -1.89. The van der Waals surface area contributed by atoms with E-state index < -0.39 is 59.9 Å². The maximum atomic E-state index is 15.2. The fourth-order valence-corrected chi connectivity index (χ4v) is 6.69. The van der Waals surface area contributed by atoms with Crippen molar-refractivity contribution in [3.8, 4) is 11.1 Å². The summed E-state index contributed by atoms with van der Waals surface area (Å²) in [6.45, 7) is 10.3. The molecule has 0 saturated carbocycles. The van der Waals surface area contributed by atoms with E-state index in [1.807, 2.05) is 93.6 Å². The Morgan fingerprint density at radius 1 is 0.776 bits per heavy atom. The molecular formula is C45H64N6O7. The molecule has 0 spiro atoms. The lowest BCUT2D eigenvalue weighted by Gasteiger charge is -2.41. The molecule has 0 aromatic heterocycles. The van der Waals surface area contributed by atoms with E-state index in [1.54, 1.807) is 26.0 Å². The van der Waals surface area contributed by atoms with Crippen LogP contribution in [-0.2, 0) is 36.9 Å². The van der Waals surface area contributed by atoms with Crippen molar-refractivity contribution < 1.29 is 33.8 Å². The third kappa shape index (κ3) is 14.0. The number of ether oxygens (including phenoxy) is 1. The number of hydrogen-bond acceptors (Lipinski definition) is 8. The molecule has 8 N–H and O–H groups in total. The van der Waals surface area contributed by atoms with Gasteiger partial charge in [-0.2, -0.15) is 0 Å². The first-order valence-corrected chi connectivity index (χ1v) is 20.4. The largest absolute Gasteiger partial charge is 0.445 e. The Hall–Kier alpha value is -5.27. The van der Waals surface area contributed by atoms with E-state index >= 15 is 4.79 Å². The minimum Gasteiger partial charge on any atom is -0.445 e. The second-order valence-electron chi connectivity index (χ2n) is 15.5. The molecule has 0 aliphatic rings. The number of carbonyl (C=O) groups excluding carboxylic acids is 5. The summed E-state index contributed by atoms with van der Waals surface area (Å²) in [5.74, 6) is -3.64. The molecule has 0 aliphatic carbocycles. The van der Waals surface area contributed by atoms with E-state index in [0.717, 1.165) is 29.5 Å². The Bertz CT molecular complexity index is 1760. The Balaban J connectivity index is 2.06. The third-order valence-electron chi connectivity index (χ3n) is 10.3. The third-order valence-corrected chi connectivity index (χ3v) is 10.3. The highest BCUT2D eigenvalue weighted by atomic mass is 16.5.